The maximum atomic E-state index is 13.7. The lowest BCUT2D eigenvalue weighted by molar-refractivity contribution is -0.149. The first-order valence-electron chi connectivity index (χ1n) is 4.41. The van der Waals surface area contributed by atoms with Gasteiger partial charge in [-0.2, -0.15) is 8.78 Å². The zero-order valence-electron chi connectivity index (χ0n) is 8.48. The Balaban J connectivity index is 3.20. The van der Waals surface area contributed by atoms with Crippen LogP contribution in [0.1, 0.15) is 5.56 Å². The van der Waals surface area contributed by atoms with Gasteiger partial charge in [-0.05, 0) is 12.1 Å². The first-order valence-corrected chi connectivity index (χ1v) is 4.41. The van der Waals surface area contributed by atoms with Crippen LogP contribution in [-0.2, 0) is 10.7 Å². The first kappa shape index (κ1) is 12.4. The molecule has 3 N–H and O–H groups in total. The van der Waals surface area contributed by atoms with Gasteiger partial charge in [0.2, 0.25) is 0 Å². The molecule has 0 aliphatic carbocycles. The lowest BCUT2D eigenvalue weighted by atomic mass is 10.0. The van der Waals surface area contributed by atoms with Crippen LogP contribution in [0, 0.1) is 0 Å². The molecular weight excluding hydrogens is 220 g/mol. The molecule has 88 valence electrons. The number of benzene rings is 1. The summed E-state index contributed by atoms with van der Waals surface area (Å²) in [7, 11) is 1.22. The summed E-state index contributed by atoms with van der Waals surface area (Å²) in [5.74, 6) is -5.54. The van der Waals surface area contributed by atoms with E-state index in [4.69, 9.17) is 15.6 Å². The predicted octanol–water partition coefficient (Wildman–Crippen LogP) is 1.20. The van der Waals surface area contributed by atoms with Crippen molar-refractivity contribution in [2.45, 2.75) is 12.0 Å². The van der Waals surface area contributed by atoms with E-state index in [2.05, 4.69) is 0 Å². The van der Waals surface area contributed by atoms with Gasteiger partial charge in [0.15, 0.2) is 6.04 Å². The number of aliphatic carboxylic acids is 1. The highest BCUT2D eigenvalue weighted by molar-refractivity contribution is 5.75. The lowest BCUT2D eigenvalue weighted by Crippen LogP contribution is -2.45. The van der Waals surface area contributed by atoms with Crippen LogP contribution in [0.5, 0.6) is 5.75 Å². The van der Waals surface area contributed by atoms with Crippen LogP contribution >= 0.6 is 0 Å². The Morgan fingerprint density at radius 3 is 2.56 bits per heavy atom. The first-order chi connectivity index (χ1) is 7.41. The molecule has 1 aromatic rings. The monoisotopic (exact) mass is 231 g/mol. The fourth-order valence-electron chi connectivity index (χ4n) is 1.24. The number of hydrogen-bond acceptors (Lipinski definition) is 3. The average molecular weight is 231 g/mol. The van der Waals surface area contributed by atoms with Crippen molar-refractivity contribution in [3.63, 3.8) is 0 Å². The smallest absolute Gasteiger partial charge is 0.327 e. The number of nitrogens with two attached hydrogens (primary N) is 1. The van der Waals surface area contributed by atoms with E-state index in [9.17, 15) is 13.6 Å². The van der Waals surface area contributed by atoms with Crippen molar-refractivity contribution in [2.24, 2.45) is 5.73 Å². The summed E-state index contributed by atoms with van der Waals surface area (Å²) < 4.78 is 32.1. The second-order valence-electron chi connectivity index (χ2n) is 3.14. The van der Waals surface area contributed by atoms with Gasteiger partial charge in [0, 0.05) is 0 Å². The summed E-state index contributed by atoms with van der Waals surface area (Å²) in [6.45, 7) is 0. The van der Waals surface area contributed by atoms with E-state index in [1.54, 1.807) is 0 Å². The summed E-state index contributed by atoms with van der Waals surface area (Å²) in [5, 5.41) is 8.50. The van der Waals surface area contributed by atoms with E-state index in [-0.39, 0.29) is 5.75 Å². The average Bonchev–Trinajstić information content (AvgIpc) is 2.27. The Labute approximate surface area is 90.6 Å². The fourth-order valence-corrected chi connectivity index (χ4v) is 1.24. The molecule has 16 heavy (non-hydrogen) atoms. The van der Waals surface area contributed by atoms with Crippen molar-refractivity contribution in [1.29, 1.82) is 0 Å². The Kier molecular flexibility index (Phi) is 3.44. The maximum absolute atomic E-state index is 13.7. The molecule has 1 unspecified atom stereocenters. The normalized spacial score (nSPS) is 13.2. The Hall–Kier alpha value is -1.69. The number of ether oxygens (including phenoxy) is 1. The Bertz CT molecular complexity index is 395. The maximum Gasteiger partial charge on any atom is 0.327 e. The molecule has 0 saturated carbocycles. The minimum absolute atomic E-state index is 0.0933. The van der Waals surface area contributed by atoms with Gasteiger partial charge in [-0.15, -0.1) is 0 Å². The SMILES string of the molecule is COc1ccccc1C(F)(F)C(N)C(=O)O. The number of methoxy groups -OCH3 is 1. The fraction of sp³-hybridized carbons (Fsp3) is 0.300. The molecule has 4 nitrogen and oxygen atoms in total. The molecule has 6 heteroatoms. The third-order valence-electron chi connectivity index (χ3n) is 2.12. The van der Waals surface area contributed by atoms with Crippen LogP contribution in [-0.4, -0.2) is 24.2 Å². The molecule has 0 amide bonds. The van der Waals surface area contributed by atoms with Crippen LogP contribution in [0.3, 0.4) is 0 Å². The van der Waals surface area contributed by atoms with E-state index in [1.165, 1.54) is 25.3 Å². The number of hydrogen-bond donors (Lipinski definition) is 2. The molecule has 1 rings (SSSR count). The largest absolute Gasteiger partial charge is 0.496 e. The third-order valence-corrected chi connectivity index (χ3v) is 2.12. The molecule has 0 bridgehead atoms. The molecule has 0 fully saturated rings. The summed E-state index contributed by atoms with van der Waals surface area (Å²) in [6, 6.07) is 2.97. The number of carboxylic acids is 1. The Morgan fingerprint density at radius 1 is 1.50 bits per heavy atom. The molecule has 0 aliphatic heterocycles. The van der Waals surface area contributed by atoms with Gasteiger partial charge < -0.3 is 15.6 Å². The van der Waals surface area contributed by atoms with Gasteiger partial charge in [0.1, 0.15) is 5.75 Å². The van der Waals surface area contributed by atoms with Crippen molar-refractivity contribution in [1.82, 2.24) is 0 Å². The van der Waals surface area contributed by atoms with E-state index < -0.39 is 23.5 Å². The van der Waals surface area contributed by atoms with Crippen LogP contribution in [0.2, 0.25) is 0 Å². The molecule has 0 saturated heterocycles. The zero-order valence-corrected chi connectivity index (χ0v) is 8.48. The molecule has 0 aliphatic rings. The highest BCUT2D eigenvalue weighted by Crippen LogP contribution is 2.36. The third kappa shape index (κ3) is 2.11. The number of rotatable bonds is 4. The number of para-hydroxylation sites is 1. The van der Waals surface area contributed by atoms with Gasteiger partial charge in [-0.1, -0.05) is 12.1 Å². The van der Waals surface area contributed by atoms with Crippen LogP contribution in [0.25, 0.3) is 0 Å². The second kappa shape index (κ2) is 4.44. The van der Waals surface area contributed by atoms with Gasteiger partial charge in [0.25, 0.3) is 0 Å². The van der Waals surface area contributed by atoms with E-state index >= 15 is 0 Å². The summed E-state index contributed by atoms with van der Waals surface area (Å²) >= 11 is 0. The van der Waals surface area contributed by atoms with Crippen molar-refractivity contribution in [3.8, 4) is 5.75 Å². The van der Waals surface area contributed by atoms with Crippen molar-refractivity contribution >= 4 is 5.97 Å². The van der Waals surface area contributed by atoms with Crippen LogP contribution < -0.4 is 10.5 Å². The number of halogens is 2. The predicted molar refractivity (Wildman–Crippen MR) is 52.5 cm³/mol. The summed E-state index contributed by atoms with van der Waals surface area (Å²) in [4.78, 5) is 10.5. The summed E-state index contributed by atoms with van der Waals surface area (Å²) in [6.07, 6.45) is 0. The minimum atomic E-state index is -3.68. The lowest BCUT2D eigenvalue weighted by Gasteiger charge is -2.22. The van der Waals surface area contributed by atoms with E-state index in [1.807, 2.05) is 0 Å². The summed E-state index contributed by atoms with van der Waals surface area (Å²) in [5.41, 5.74) is 4.41. The molecule has 0 spiro atoms. The molecule has 1 atom stereocenters. The van der Waals surface area contributed by atoms with Gasteiger partial charge >= 0.3 is 11.9 Å². The number of carbonyl (C=O) groups is 1. The number of carboxylic acid groups (broad SMARTS) is 1. The van der Waals surface area contributed by atoms with Crippen molar-refractivity contribution < 1.29 is 23.4 Å². The molecule has 0 radical (unpaired) electrons. The molecule has 0 aromatic heterocycles. The van der Waals surface area contributed by atoms with Gasteiger partial charge in [-0.3, -0.25) is 4.79 Å². The highest BCUT2D eigenvalue weighted by Gasteiger charge is 2.45. The quantitative estimate of drug-likeness (QED) is 0.816. The van der Waals surface area contributed by atoms with Gasteiger partial charge in [-0.25, -0.2) is 0 Å². The van der Waals surface area contributed by atoms with E-state index in [0.29, 0.717) is 0 Å². The topological polar surface area (TPSA) is 72.5 Å². The molecule has 1 aromatic carbocycles. The number of alkyl halides is 2. The minimum Gasteiger partial charge on any atom is -0.496 e. The Morgan fingerprint density at radius 2 is 2.06 bits per heavy atom. The van der Waals surface area contributed by atoms with Crippen molar-refractivity contribution in [2.75, 3.05) is 7.11 Å². The molecular formula is C10H11F2NO3. The van der Waals surface area contributed by atoms with Crippen molar-refractivity contribution in [3.05, 3.63) is 29.8 Å². The molecule has 0 heterocycles. The standard InChI is InChI=1S/C10H11F2NO3/c1-16-7-5-3-2-4-6(7)10(11,12)8(13)9(14)15/h2-5,8H,13H2,1H3,(H,14,15). The van der Waals surface area contributed by atoms with E-state index in [0.717, 1.165) is 6.07 Å². The zero-order chi connectivity index (χ0) is 12.3. The van der Waals surface area contributed by atoms with Crippen LogP contribution in [0.4, 0.5) is 8.78 Å². The van der Waals surface area contributed by atoms with Gasteiger partial charge in [0.05, 0.1) is 12.7 Å². The highest BCUT2D eigenvalue weighted by atomic mass is 19.3. The van der Waals surface area contributed by atoms with Crippen LogP contribution in [0.15, 0.2) is 24.3 Å². The second-order valence-corrected chi connectivity index (χ2v) is 3.14.